The second-order valence-corrected chi connectivity index (χ2v) is 4.30. The summed E-state index contributed by atoms with van der Waals surface area (Å²) in [6.07, 6.45) is 1.71. The molecule has 0 amide bonds. The van der Waals surface area contributed by atoms with Crippen molar-refractivity contribution in [2.45, 2.75) is 24.9 Å². The van der Waals surface area contributed by atoms with Gasteiger partial charge in [0.05, 0.1) is 12.7 Å². The molecular weight excluding hydrogens is 220 g/mol. The zero-order valence-corrected chi connectivity index (χ0v) is 9.89. The van der Waals surface area contributed by atoms with Crippen LogP contribution in [0.15, 0.2) is 6.07 Å². The number of nitrogen functional groups attached to an aromatic ring is 1. The third-order valence-electron chi connectivity index (χ3n) is 2.58. The van der Waals surface area contributed by atoms with E-state index in [1.807, 2.05) is 0 Å². The smallest absolute Gasteiger partial charge is 0.136 e. The van der Waals surface area contributed by atoms with E-state index < -0.39 is 6.10 Å². The monoisotopic (exact) mass is 238 g/mol. The number of aliphatic hydroxyl groups excluding tert-OH is 1. The third-order valence-corrected chi connectivity index (χ3v) is 2.58. The number of hydrogen-bond acceptors (Lipinski definition) is 6. The minimum atomic E-state index is -0.555. The van der Waals surface area contributed by atoms with Gasteiger partial charge in [-0.1, -0.05) is 0 Å². The van der Waals surface area contributed by atoms with Crippen LogP contribution in [0.4, 0.5) is 11.6 Å². The van der Waals surface area contributed by atoms with Crippen molar-refractivity contribution in [2.75, 3.05) is 31.3 Å². The van der Waals surface area contributed by atoms with Crippen molar-refractivity contribution in [3.8, 4) is 0 Å². The van der Waals surface area contributed by atoms with Crippen LogP contribution in [-0.2, 0) is 4.74 Å². The van der Waals surface area contributed by atoms with E-state index in [-0.39, 0.29) is 0 Å². The molecule has 0 saturated heterocycles. The van der Waals surface area contributed by atoms with E-state index in [4.69, 9.17) is 10.5 Å². The maximum absolute atomic E-state index is 9.51. The summed E-state index contributed by atoms with van der Waals surface area (Å²) < 4.78 is 4.84. The van der Waals surface area contributed by atoms with Gasteiger partial charge in [0.25, 0.3) is 0 Å². The number of nitrogens with one attached hydrogen (secondary N) is 1. The second-order valence-electron chi connectivity index (χ2n) is 4.30. The van der Waals surface area contributed by atoms with Crippen LogP contribution in [0.2, 0.25) is 0 Å². The van der Waals surface area contributed by atoms with Gasteiger partial charge in [-0.3, -0.25) is 0 Å². The Hall–Kier alpha value is -1.40. The normalized spacial score (nSPS) is 16.8. The molecule has 94 valence electrons. The van der Waals surface area contributed by atoms with Gasteiger partial charge in [0.1, 0.15) is 17.5 Å². The highest BCUT2D eigenvalue weighted by Gasteiger charge is 2.27. The molecule has 0 spiro atoms. The molecule has 1 heterocycles. The average molecular weight is 238 g/mol. The van der Waals surface area contributed by atoms with E-state index in [1.165, 1.54) is 0 Å². The number of ether oxygens (including phenoxy) is 1. The van der Waals surface area contributed by atoms with E-state index in [0.717, 1.165) is 18.7 Å². The van der Waals surface area contributed by atoms with Crippen LogP contribution in [0, 0.1) is 0 Å². The maximum Gasteiger partial charge on any atom is 0.136 e. The van der Waals surface area contributed by atoms with Crippen LogP contribution >= 0.6 is 0 Å². The zero-order chi connectivity index (χ0) is 12.3. The summed E-state index contributed by atoms with van der Waals surface area (Å²) in [6, 6.07) is 1.67. The van der Waals surface area contributed by atoms with E-state index in [0.29, 0.717) is 30.7 Å². The Morgan fingerprint density at radius 1 is 1.59 bits per heavy atom. The van der Waals surface area contributed by atoms with Crippen LogP contribution in [0.5, 0.6) is 0 Å². The number of rotatable bonds is 6. The molecule has 0 bridgehead atoms. The van der Waals surface area contributed by atoms with Crippen molar-refractivity contribution < 1.29 is 9.84 Å². The largest absolute Gasteiger partial charge is 0.389 e. The lowest BCUT2D eigenvalue weighted by atomic mass is 10.3. The Kier molecular flexibility index (Phi) is 3.75. The molecule has 2 rings (SSSR count). The highest BCUT2D eigenvalue weighted by molar-refractivity contribution is 5.45. The summed E-state index contributed by atoms with van der Waals surface area (Å²) in [4.78, 5) is 8.57. The molecule has 0 radical (unpaired) electrons. The van der Waals surface area contributed by atoms with Crippen molar-refractivity contribution in [1.82, 2.24) is 9.97 Å². The predicted octanol–water partition coefficient (Wildman–Crippen LogP) is 0.355. The Labute approximate surface area is 100 Å². The number of methoxy groups -OCH3 is 1. The molecule has 4 N–H and O–H groups in total. The lowest BCUT2D eigenvalue weighted by Crippen LogP contribution is -2.24. The maximum atomic E-state index is 9.51. The van der Waals surface area contributed by atoms with Crippen molar-refractivity contribution in [2.24, 2.45) is 0 Å². The van der Waals surface area contributed by atoms with Gasteiger partial charge in [0, 0.05) is 25.6 Å². The number of anilines is 2. The van der Waals surface area contributed by atoms with Crippen molar-refractivity contribution in [3.63, 3.8) is 0 Å². The molecule has 0 aromatic carbocycles. The Balaban J connectivity index is 1.95. The molecular formula is C11H18N4O2. The van der Waals surface area contributed by atoms with Crippen LogP contribution < -0.4 is 11.1 Å². The van der Waals surface area contributed by atoms with Crippen LogP contribution in [0.3, 0.4) is 0 Å². The standard InChI is InChI=1S/C11H18N4O2/c1-17-6-8(16)5-13-10-4-9(12)14-11(15-10)7-2-3-7/h4,7-8,16H,2-3,5-6H2,1H3,(H3,12,13,14,15). The molecule has 1 atom stereocenters. The molecule has 1 aromatic rings. The zero-order valence-electron chi connectivity index (χ0n) is 9.89. The lowest BCUT2D eigenvalue weighted by molar-refractivity contribution is 0.0727. The van der Waals surface area contributed by atoms with Crippen LogP contribution in [-0.4, -0.2) is 41.4 Å². The number of aromatic nitrogens is 2. The van der Waals surface area contributed by atoms with Gasteiger partial charge in [0.2, 0.25) is 0 Å². The SMILES string of the molecule is COCC(O)CNc1cc(N)nc(C2CC2)n1. The molecule has 1 aromatic heterocycles. The lowest BCUT2D eigenvalue weighted by Gasteiger charge is -2.12. The average Bonchev–Trinajstić information content (AvgIpc) is 3.10. The number of aliphatic hydroxyl groups is 1. The van der Waals surface area contributed by atoms with Gasteiger partial charge < -0.3 is 20.9 Å². The first-order chi connectivity index (χ1) is 8.19. The van der Waals surface area contributed by atoms with E-state index in [2.05, 4.69) is 15.3 Å². The first-order valence-electron chi connectivity index (χ1n) is 5.74. The van der Waals surface area contributed by atoms with Crippen molar-refractivity contribution in [1.29, 1.82) is 0 Å². The fourth-order valence-corrected chi connectivity index (χ4v) is 1.57. The Morgan fingerprint density at radius 2 is 2.35 bits per heavy atom. The third kappa shape index (κ3) is 3.54. The minimum Gasteiger partial charge on any atom is -0.389 e. The number of nitrogens with zero attached hydrogens (tertiary/aromatic N) is 2. The summed E-state index contributed by atoms with van der Waals surface area (Å²) in [5.41, 5.74) is 5.71. The first kappa shape index (κ1) is 12.1. The van der Waals surface area contributed by atoms with E-state index >= 15 is 0 Å². The van der Waals surface area contributed by atoms with Gasteiger partial charge in [-0.05, 0) is 12.8 Å². The van der Waals surface area contributed by atoms with E-state index in [9.17, 15) is 5.11 Å². The fourth-order valence-electron chi connectivity index (χ4n) is 1.57. The van der Waals surface area contributed by atoms with Crippen molar-refractivity contribution >= 4 is 11.6 Å². The highest BCUT2D eigenvalue weighted by atomic mass is 16.5. The number of nitrogens with two attached hydrogens (primary N) is 1. The van der Waals surface area contributed by atoms with Crippen molar-refractivity contribution in [3.05, 3.63) is 11.9 Å². The predicted molar refractivity (Wildman–Crippen MR) is 64.8 cm³/mol. The molecule has 17 heavy (non-hydrogen) atoms. The van der Waals surface area contributed by atoms with Crippen LogP contribution in [0.25, 0.3) is 0 Å². The summed E-state index contributed by atoms with van der Waals surface area (Å²) in [7, 11) is 1.55. The topological polar surface area (TPSA) is 93.3 Å². The van der Waals surface area contributed by atoms with E-state index in [1.54, 1.807) is 13.2 Å². The Bertz CT molecular complexity index is 382. The van der Waals surface area contributed by atoms with Gasteiger partial charge >= 0.3 is 0 Å². The van der Waals surface area contributed by atoms with Gasteiger partial charge in [-0.2, -0.15) is 0 Å². The molecule has 1 aliphatic rings. The van der Waals surface area contributed by atoms with Crippen LogP contribution in [0.1, 0.15) is 24.6 Å². The van der Waals surface area contributed by atoms with Gasteiger partial charge in [0.15, 0.2) is 0 Å². The molecule has 1 fully saturated rings. The summed E-state index contributed by atoms with van der Waals surface area (Å²) in [5.74, 6) is 2.39. The molecule has 6 heteroatoms. The summed E-state index contributed by atoms with van der Waals surface area (Å²) >= 11 is 0. The quantitative estimate of drug-likeness (QED) is 0.662. The molecule has 6 nitrogen and oxygen atoms in total. The molecule has 1 unspecified atom stereocenters. The highest BCUT2D eigenvalue weighted by Crippen LogP contribution is 2.38. The van der Waals surface area contributed by atoms with Gasteiger partial charge in [-0.15, -0.1) is 0 Å². The minimum absolute atomic E-state index is 0.295. The molecule has 1 aliphatic carbocycles. The second kappa shape index (κ2) is 5.29. The summed E-state index contributed by atoms with van der Waals surface area (Å²) in [5, 5.41) is 12.5. The Morgan fingerprint density at radius 3 is 3.00 bits per heavy atom. The summed E-state index contributed by atoms with van der Waals surface area (Å²) in [6.45, 7) is 0.678. The first-order valence-corrected chi connectivity index (χ1v) is 5.74. The fraction of sp³-hybridized carbons (Fsp3) is 0.636. The molecule has 0 aliphatic heterocycles. The van der Waals surface area contributed by atoms with Gasteiger partial charge in [-0.25, -0.2) is 9.97 Å². The molecule has 1 saturated carbocycles. The number of hydrogen-bond donors (Lipinski definition) is 3.